The number of rotatable bonds is 3. The Kier molecular flexibility index (Phi) is 3.76. The summed E-state index contributed by atoms with van der Waals surface area (Å²) in [5.41, 5.74) is -1.16. The summed E-state index contributed by atoms with van der Waals surface area (Å²) in [6, 6.07) is 5.53. The smallest absolute Gasteiger partial charge is 0.132 e. The molecule has 16 heavy (non-hydrogen) atoms. The van der Waals surface area contributed by atoms with Gasteiger partial charge in [0.1, 0.15) is 16.1 Å². The van der Waals surface area contributed by atoms with Gasteiger partial charge in [-0.2, -0.15) is 0 Å². The predicted molar refractivity (Wildman–Crippen MR) is 64.3 cm³/mol. The first-order valence-corrected chi connectivity index (χ1v) is 6.10. The molecule has 0 atom stereocenters. The van der Waals surface area contributed by atoms with Crippen molar-refractivity contribution in [3.8, 4) is 0 Å². The molecule has 88 valence electrons. The van der Waals surface area contributed by atoms with E-state index in [4.69, 9.17) is 4.74 Å². The van der Waals surface area contributed by atoms with E-state index in [-0.39, 0.29) is 0 Å². The highest BCUT2D eigenvalue weighted by Gasteiger charge is 2.32. The van der Waals surface area contributed by atoms with Gasteiger partial charge in [-0.25, -0.2) is 9.37 Å². The Morgan fingerprint density at radius 2 is 2.19 bits per heavy atom. The van der Waals surface area contributed by atoms with Crippen molar-refractivity contribution in [2.45, 2.75) is 18.5 Å². The van der Waals surface area contributed by atoms with Gasteiger partial charge in [0, 0.05) is 26.1 Å². The third kappa shape index (κ3) is 3.15. The predicted octanol–water partition coefficient (Wildman–Crippen LogP) is 2.77. The molecular formula is C11H14BrFN2O. The lowest BCUT2D eigenvalue weighted by Crippen LogP contribution is -2.38. The van der Waals surface area contributed by atoms with Crippen LogP contribution in [0.25, 0.3) is 0 Å². The van der Waals surface area contributed by atoms with Crippen LogP contribution in [0, 0.1) is 0 Å². The Morgan fingerprint density at radius 3 is 2.88 bits per heavy atom. The van der Waals surface area contributed by atoms with Crippen molar-refractivity contribution in [1.82, 2.24) is 4.98 Å². The number of hydrogen-bond acceptors (Lipinski definition) is 3. The van der Waals surface area contributed by atoms with E-state index >= 15 is 0 Å². The maximum Gasteiger partial charge on any atom is 0.132 e. The molecule has 0 aliphatic carbocycles. The quantitative estimate of drug-likeness (QED) is 0.869. The third-order valence-electron chi connectivity index (χ3n) is 2.69. The van der Waals surface area contributed by atoms with Crippen molar-refractivity contribution in [3.63, 3.8) is 0 Å². The van der Waals surface area contributed by atoms with Crippen LogP contribution in [0.2, 0.25) is 0 Å². The zero-order valence-corrected chi connectivity index (χ0v) is 10.5. The summed E-state index contributed by atoms with van der Waals surface area (Å²) in [4.78, 5) is 4.20. The first-order chi connectivity index (χ1) is 7.68. The number of nitrogens with zero attached hydrogens (tertiary/aromatic N) is 1. The molecule has 1 saturated heterocycles. The van der Waals surface area contributed by atoms with Gasteiger partial charge < -0.3 is 10.1 Å². The third-order valence-corrected chi connectivity index (χ3v) is 3.13. The molecule has 1 aromatic heterocycles. The molecule has 0 unspecified atom stereocenters. The fourth-order valence-corrected chi connectivity index (χ4v) is 2.01. The monoisotopic (exact) mass is 288 g/mol. The highest BCUT2D eigenvalue weighted by molar-refractivity contribution is 9.10. The molecule has 0 saturated carbocycles. The number of aromatic nitrogens is 1. The molecule has 0 aromatic carbocycles. The van der Waals surface area contributed by atoms with Crippen molar-refractivity contribution < 1.29 is 9.13 Å². The molecule has 1 aliphatic rings. The minimum atomic E-state index is -1.16. The standard InChI is InChI=1S/C11H14BrFN2O/c12-9-2-1-3-10(15-9)14-8-11(13)4-6-16-7-5-11/h1-3H,4-8H2,(H,14,15). The van der Waals surface area contributed by atoms with E-state index in [1.54, 1.807) is 0 Å². The van der Waals surface area contributed by atoms with Crippen molar-refractivity contribution in [2.24, 2.45) is 0 Å². The van der Waals surface area contributed by atoms with E-state index in [2.05, 4.69) is 26.2 Å². The fraction of sp³-hybridized carbons (Fsp3) is 0.545. The minimum Gasteiger partial charge on any atom is -0.381 e. The van der Waals surface area contributed by atoms with E-state index in [0.29, 0.717) is 38.4 Å². The Morgan fingerprint density at radius 1 is 1.44 bits per heavy atom. The number of nitrogens with one attached hydrogen (secondary N) is 1. The Hall–Kier alpha value is -0.680. The number of alkyl halides is 1. The summed E-state index contributed by atoms with van der Waals surface area (Å²) >= 11 is 3.28. The molecule has 1 aliphatic heterocycles. The maximum atomic E-state index is 14.2. The second-order valence-corrected chi connectivity index (χ2v) is 4.77. The molecule has 0 bridgehead atoms. The zero-order chi connectivity index (χ0) is 11.4. The maximum absolute atomic E-state index is 14.2. The van der Waals surface area contributed by atoms with Crippen LogP contribution in [0.5, 0.6) is 0 Å². The fourth-order valence-electron chi connectivity index (χ4n) is 1.67. The van der Waals surface area contributed by atoms with Crippen LogP contribution in [0.3, 0.4) is 0 Å². The Labute approximate surface area is 103 Å². The van der Waals surface area contributed by atoms with Crippen LogP contribution < -0.4 is 5.32 Å². The molecule has 0 spiro atoms. The first kappa shape index (κ1) is 11.8. The summed E-state index contributed by atoms with van der Waals surface area (Å²) in [7, 11) is 0. The van der Waals surface area contributed by atoms with E-state index < -0.39 is 5.67 Å². The van der Waals surface area contributed by atoms with E-state index in [0.717, 1.165) is 4.60 Å². The second-order valence-electron chi connectivity index (χ2n) is 3.96. The average molecular weight is 289 g/mol. The van der Waals surface area contributed by atoms with Gasteiger partial charge in [-0.05, 0) is 28.1 Å². The van der Waals surface area contributed by atoms with Gasteiger partial charge in [0.15, 0.2) is 0 Å². The van der Waals surface area contributed by atoms with Gasteiger partial charge >= 0.3 is 0 Å². The molecular weight excluding hydrogens is 275 g/mol. The molecule has 1 fully saturated rings. The van der Waals surface area contributed by atoms with Gasteiger partial charge in [0.2, 0.25) is 0 Å². The summed E-state index contributed by atoms with van der Waals surface area (Å²) in [5, 5.41) is 3.02. The van der Waals surface area contributed by atoms with Crippen LogP contribution in [-0.4, -0.2) is 30.4 Å². The number of pyridine rings is 1. The first-order valence-electron chi connectivity index (χ1n) is 5.31. The molecule has 2 rings (SSSR count). The van der Waals surface area contributed by atoms with Crippen LogP contribution in [0.4, 0.5) is 10.2 Å². The number of anilines is 1. The lowest BCUT2D eigenvalue weighted by molar-refractivity contribution is -0.00119. The normalized spacial score (nSPS) is 19.4. The topological polar surface area (TPSA) is 34.2 Å². The highest BCUT2D eigenvalue weighted by Crippen LogP contribution is 2.25. The summed E-state index contributed by atoms with van der Waals surface area (Å²) < 4.78 is 20.1. The lowest BCUT2D eigenvalue weighted by atomic mass is 9.96. The van der Waals surface area contributed by atoms with Gasteiger partial charge in [0.05, 0.1) is 6.54 Å². The van der Waals surface area contributed by atoms with Crippen molar-refractivity contribution in [2.75, 3.05) is 25.1 Å². The lowest BCUT2D eigenvalue weighted by Gasteiger charge is -2.29. The van der Waals surface area contributed by atoms with Crippen LogP contribution in [0.15, 0.2) is 22.8 Å². The van der Waals surface area contributed by atoms with E-state index in [1.165, 1.54) is 0 Å². The van der Waals surface area contributed by atoms with Gasteiger partial charge in [0.25, 0.3) is 0 Å². The van der Waals surface area contributed by atoms with Gasteiger partial charge in [-0.15, -0.1) is 0 Å². The SMILES string of the molecule is FC1(CNc2cccc(Br)n2)CCOCC1. The molecule has 3 nitrogen and oxygen atoms in total. The Balaban J connectivity index is 1.91. The molecule has 1 N–H and O–H groups in total. The number of halogens is 2. The van der Waals surface area contributed by atoms with Crippen LogP contribution in [-0.2, 0) is 4.74 Å². The number of ether oxygens (including phenoxy) is 1. The highest BCUT2D eigenvalue weighted by atomic mass is 79.9. The van der Waals surface area contributed by atoms with Crippen LogP contribution in [0.1, 0.15) is 12.8 Å². The van der Waals surface area contributed by atoms with Crippen molar-refractivity contribution >= 4 is 21.7 Å². The number of hydrogen-bond donors (Lipinski definition) is 1. The van der Waals surface area contributed by atoms with E-state index in [9.17, 15) is 4.39 Å². The Bertz CT molecular complexity index is 356. The molecule has 1 aromatic rings. The van der Waals surface area contributed by atoms with E-state index in [1.807, 2.05) is 18.2 Å². The summed E-state index contributed by atoms with van der Waals surface area (Å²) in [6.45, 7) is 1.30. The van der Waals surface area contributed by atoms with Crippen molar-refractivity contribution in [3.05, 3.63) is 22.8 Å². The van der Waals surface area contributed by atoms with Crippen LogP contribution >= 0.6 is 15.9 Å². The van der Waals surface area contributed by atoms with Gasteiger partial charge in [-0.1, -0.05) is 6.07 Å². The average Bonchev–Trinajstić information content (AvgIpc) is 2.28. The zero-order valence-electron chi connectivity index (χ0n) is 8.88. The largest absolute Gasteiger partial charge is 0.381 e. The minimum absolute atomic E-state index is 0.291. The molecule has 5 heteroatoms. The van der Waals surface area contributed by atoms with Gasteiger partial charge in [-0.3, -0.25) is 0 Å². The summed E-state index contributed by atoms with van der Waals surface area (Å²) in [5.74, 6) is 0.692. The van der Waals surface area contributed by atoms with Crippen molar-refractivity contribution in [1.29, 1.82) is 0 Å². The summed E-state index contributed by atoms with van der Waals surface area (Å²) in [6.07, 6.45) is 0.905. The molecule has 0 radical (unpaired) electrons. The second kappa shape index (κ2) is 5.10. The molecule has 0 amide bonds. The molecule has 2 heterocycles.